The summed E-state index contributed by atoms with van der Waals surface area (Å²) in [6, 6.07) is 22.4. The minimum absolute atomic E-state index is 0.158. The van der Waals surface area contributed by atoms with Crippen molar-refractivity contribution in [1.82, 2.24) is 9.99 Å². The number of aryl methyl sites for hydroxylation is 2. The van der Waals surface area contributed by atoms with Gasteiger partial charge < -0.3 is 13.7 Å². The fourth-order valence-corrected chi connectivity index (χ4v) is 3.39. The van der Waals surface area contributed by atoms with Gasteiger partial charge in [0.15, 0.2) is 5.76 Å². The first-order valence-electron chi connectivity index (χ1n) is 10.1. The van der Waals surface area contributed by atoms with Gasteiger partial charge in [-0.15, -0.1) is 0 Å². The maximum Gasteiger partial charge on any atom is 0.307 e. The number of amides is 1. The van der Waals surface area contributed by atoms with E-state index >= 15 is 0 Å². The molecule has 4 aromatic rings. The number of halogens is 1. The highest BCUT2D eigenvalue weighted by atomic mass is 35.5. The Morgan fingerprint density at radius 2 is 1.69 bits per heavy atom. The number of carbonyl (C=O) groups is 1. The Morgan fingerprint density at radius 1 is 1.00 bits per heavy atom. The zero-order valence-electron chi connectivity index (χ0n) is 17.7. The summed E-state index contributed by atoms with van der Waals surface area (Å²) in [5, 5.41) is 4.57. The molecule has 0 radical (unpaired) electrons. The zero-order chi connectivity index (χ0) is 22.5. The van der Waals surface area contributed by atoms with Gasteiger partial charge in [0.05, 0.1) is 6.21 Å². The van der Waals surface area contributed by atoms with Crippen molar-refractivity contribution in [1.29, 1.82) is 0 Å². The van der Waals surface area contributed by atoms with Gasteiger partial charge in [-0.2, -0.15) is 5.10 Å². The summed E-state index contributed by atoms with van der Waals surface area (Å²) in [7, 11) is 0. The minimum Gasteiger partial charge on any atom is -0.486 e. The lowest BCUT2D eigenvalue weighted by Crippen LogP contribution is -2.16. The maximum absolute atomic E-state index is 12.2. The number of hydrogen-bond donors (Lipinski definition) is 1. The summed E-state index contributed by atoms with van der Waals surface area (Å²) in [6.45, 7) is 4.36. The largest absolute Gasteiger partial charge is 0.486 e. The molecule has 0 aliphatic heterocycles. The van der Waals surface area contributed by atoms with Crippen LogP contribution in [0.5, 0.6) is 5.75 Å². The molecule has 6 nitrogen and oxygen atoms in total. The molecule has 0 bridgehead atoms. The Kier molecular flexibility index (Phi) is 6.42. The van der Waals surface area contributed by atoms with Gasteiger partial charge in [-0.25, -0.2) is 5.43 Å². The Morgan fingerprint density at radius 3 is 2.38 bits per heavy atom. The Balaban J connectivity index is 1.31. The van der Waals surface area contributed by atoms with E-state index in [-0.39, 0.29) is 12.4 Å². The smallest absolute Gasteiger partial charge is 0.307 e. The first-order chi connectivity index (χ1) is 15.5. The first-order valence-corrected chi connectivity index (χ1v) is 10.4. The van der Waals surface area contributed by atoms with Crippen molar-refractivity contribution in [3.8, 4) is 11.4 Å². The number of hydrazone groups is 1. The molecule has 2 aromatic heterocycles. The van der Waals surface area contributed by atoms with Crippen LogP contribution in [0.4, 0.5) is 0 Å². The third-order valence-corrected chi connectivity index (χ3v) is 5.13. The van der Waals surface area contributed by atoms with E-state index in [9.17, 15) is 4.79 Å². The number of furan rings is 1. The predicted octanol–water partition coefficient (Wildman–Crippen LogP) is 5.68. The number of carbonyl (C=O) groups excluding carboxylic acids is 1. The highest BCUT2D eigenvalue weighted by molar-refractivity contribution is 6.30. The standard InChI is InChI=1S/C25H22ClN3O3/c1-17-3-4-18(2)29(17)21-9-11-22(12-10-21)31-16-23-13-14-24(32-23)25(30)28-27-15-19-5-7-20(26)8-6-19/h3-15H,16H2,1-2H3,(H,28,30)/b27-15+. The number of hydrogen-bond acceptors (Lipinski definition) is 4. The molecular weight excluding hydrogens is 426 g/mol. The molecule has 4 rings (SSSR count). The van der Waals surface area contributed by atoms with E-state index in [4.69, 9.17) is 20.8 Å². The fraction of sp³-hybridized carbons (Fsp3) is 0.120. The van der Waals surface area contributed by atoms with Crippen LogP contribution < -0.4 is 10.2 Å². The van der Waals surface area contributed by atoms with Gasteiger partial charge in [0.25, 0.3) is 0 Å². The van der Waals surface area contributed by atoms with E-state index in [2.05, 4.69) is 41.1 Å². The van der Waals surface area contributed by atoms with Crippen molar-refractivity contribution in [2.75, 3.05) is 0 Å². The lowest BCUT2D eigenvalue weighted by atomic mass is 10.2. The van der Waals surface area contributed by atoms with Crippen molar-refractivity contribution >= 4 is 23.7 Å². The van der Waals surface area contributed by atoms with E-state index in [1.165, 1.54) is 17.6 Å². The molecule has 7 heteroatoms. The highest BCUT2D eigenvalue weighted by Crippen LogP contribution is 2.21. The van der Waals surface area contributed by atoms with Crippen LogP contribution in [0, 0.1) is 13.8 Å². The van der Waals surface area contributed by atoms with E-state index in [1.807, 2.05) is 24.3 Å². The maximum atomic E-state index is 12.2. The van der Waals surface area contributed by atoms with Crippen LogP contribution in [0.25, 0.3) is 5.69 Å². The lowest BCUT2D eigenvalue weighted by Gasteiger charge is -2.10. The molecular formula is C25H22ClN3O3. The summed E-state index contributed by atoms with van der Waals surface area (Å²) in [6.07, 6.45) is 1.53. The highest BCUT2D eigenvalue weighted by Gasteiger charge is 2.11. The Bertz CT molecular complexity index is 1220. The van der Waals surface area contributed by atoms with Gasteiger partial charge in [0, 0.05) is 22.1 Å². The molecule has 0 atom stereocenters. The summed E-state index contributed by atoms with van der Waals surface area (Å²) < 4.78 is 13.5. The normalized spacial score (nSPS) is 11.1. The monoisotopic (exact) mass is 447 g/mol. The van der Waals surface area contributed by atoms with Crippen LogP contribution in [-0.4, -0.2) is 16.7 Å². The number of nitrogens with one attached hydrogen (secondary N) is 1. The van der Waals surface area contributed by atoms with E-state index < -0.39 is 5.91 Å². The predicted molar refractivity (Wildman–Crippen MR) is 125 cm³/mol. The number of nitrogens with zero attached hydrogens (tertiary/aromatic N) is 2. The van der Waals surface area contributed by atoms with Crippen LogP contribution in [0.15, 0.2) is 82.3 Å². The fourth-order valence-electron chi connectivity index (χ4n) is 3.27. The summed E-state index contributed by atoms with van der Waals surface area (Å²) in [5.41, 5.74) is 6.68. The van der Waals surface area contributed by atoms with E-state index in [0.29, 0.717) is 16.5 Å². The van der Waals surface area contributed by atoms with Gasteiger partial charge in [-0.05, 0) is 80.1 Å². The Hall–Kier alpha value is -3.77. The van der Waals surface area contributed by atoms with Crippen LogP contribution in [-0.2, 0) is 6.61 Å². The third kappa shape index (κ3) is 5.10. The van der Waals surface area contributed by atoms with Crippen molar-refractivity contribution in [3.63, 3.8) is 0 Å². The Labute approximate surface area is 191 Å². The average molecular weight is 448 g/mol. The summed E-state index contributed by atoms with van der Waals surface area (Å²) in [4.78, 5) is 12.2. The molecule has 162 valence electrons. The van der Waals surface area contributed by atoms with Gasteiger partial charge >= 0.3 is 5.91 Å². The number of ether oxygens (including phenoxy) is 1. The molecule has 0 saturated heterocycles. The quantitative estimate of drug-likeness (QED) is 0.292. The van der Waals surface area contributed by atoms with Gasteiger partial charge in [0.1, 0.15) is 18.1 Å². The molecule has 1 amide bonds. The number of rotatable bonds is 7. The minimum atomic E-state index is -0.441. The van der Waals surface area contributed by atoms with Gasteiger partial charge in [0.2, 0.25) is 0 Å². The molecule has 2 aromatic carbocycles. The molecule has 1 N–H and O–H groups in total. The van der Waals surface area contributed by atoms with E-state index in [1.54, 1.807) is 36.4 Å². The number of benzene rings is 2. The zero-order valence-corrected chi connectivity index (χ0v) is 18.5. The summed E-state index contributed by atoms with van der Waals surface area (Å²) in [5.74, 6) is 0.971. The molecule has 0 fully saturated rings. The summed E-state index contributed by atoms with van der Waals surface area (Å²) >= 11 is 5.84. The molecule has 0 aliphatic rings. The van der Waals surface area contributed by atoms with Gasteiger partial charge in [-0.3, -0.25) is 4.79 Å². The van der Waals surface area contributed by atoms with Crippen molar-refractivity contribution < 1.29 is 13.9 Å². The molecule has 0 saturated carbocycles. The van der Waals surface area contributed by atoms with Crippen molar-refractivity contribution in [2.24, 2.45) is 5.10 Å². The van der Waals surface area contributed by atoms with E-state index in [0.717, 1.165) is 11.3 Å². The molecule has 0 unspecified atom stereocenters. The SMILES string of the molecule is Cc1ccc(C)n1-c1ccc(OCc2ccc(C(=O)N/N=C/c3ccc(Cl)cc3)o2)cc1. The van der Waals surface area contributed by atoms with Crippen LogP contribution in [0.3, 0.4) is 0 Å². The third-order valence-electron chi connectivity index (χ3n) is 4.88. The topological polar surface area (TPSA) is 68.8 Å². The van der Waals surface area contributed by atoms with Crippen LogP contribution in [0.2, 0.25) is 5.02 Å². The molecule has 32 heavy (non-hydrogen) atoms. The van der Waals surface area contributed by atoms with Crippen molar-refractivity contribution in [3.05, 3.63) is 106 Å². The second-order valence-electron chi connectivity index (χ2n) is 7.25. The molecule has 2 heterocycles. The van der Waals surface area contributed by atoms with Crippen LogP contribution >= 0.6 is 11.6 Å². The second-order valence-corrected chi connectivity index (χ2v) is 7.69. The van der Waals surface area contributed by atoms with Gasteiger partial charge in [-0.1, -0.05) is 23.7 Å². The van der Waals surface area contributed by atoms with Crippen LogP contribution in [0.1, 0.15) is 33.3 Å². The second kappa shape index (κ2) is 9.58. The molecule has 0 spiro atoms. The number of aromatic nitrogens is 1. The first kappa shape index (κ1) is 21.5. The molecule has 0 aliphatic carbocycles. The van der Waals surface area contributed by atoms with Crippen molar-refractivity contribution in [2.45, 2.75) is 20.5 Å². The lowest BCUT2D eigenvalue weighted by molar-refractivity contribution is 0.0923. The average Bonchev–Trinajstić information content (AvgIpc) is 3.40.